The maximum atomic E-state index is 12.0. The van der Waals surface area contributed by atoms with E-state index in [4.69, 9.17) is 14.3 Å². The molecular formula is C14H12N2O5S3. The number of carbonyl (C=O) groups excluding carboxylic acids is 1. The normalized spacial score (nSPS) is 11.6. The predicted octanol–water partition coefficient (Wildman–Crippen LogP) is 2.78. The summed E-state index contributed by atoms with van der Waals surface area (Å²) < 4.78 is 33.1. The largest absolute Gasteiger partial charge is 0.455 e. The van der Waals surface area contributed by atoms with Crippen LogP contribution in [0.25, 0.3) is 10.8 Å². The highest BCUT2D eigenvalue weighted by atomic mass is 32.2. The number of hydrogen-bond donors (Lipinski definition) is 1. The van der Waals surface area contributed by atoms with Crippen molar-refractivity contribution in [1.29, 1.82) is 0 Å². The molecular weight excluding hydrogens is 372 g/mol. The van der Waals surface area contributed by atoms with Gasteiger partial charge in [0.2, 0.25) is 15.9 Å². The van der Waals surface area contributed by atoms with Crippen LogP contribution < -0.4 is 5.14 Å². The van der Waals surface area contributed by atoms with Crippen LogP contribution in [0, 0.1) is 6.92 Å². The quantitative estimate of drug-likeness (QED) is 0.677. The van der Waals surface area contributed by atoms with E-state index in [2.05, 4.69) is 4.98 Å². The SMILES string of the molecule is Cc1oc(-c2cccs2)nc1COC(=O)c1csc(S(N)(=O)=O)c1. The summed E-state index contributed by atoms with van der Waals surface area (Å²) in [5, 5.41) is 8.31. The zero-order chi connectivity index (χ0) is 17.3. The Labute approximate surface area is 145 Å². The van der Waals surface area contributed by atoms with Crippen molar-refractivity contribution >= 4 is 38.7 Å². The number of aromatic nitrogens is 1. The van der Waals surface area contributed by atoms with Gasteiger partial charge in [0.1, 0.15) is 22.3 Å². The van der Waals surface area contributed by atoms with E-state index < -0.39 is 16.0 Å². The minimum Gasteiger partial charge on any atom is -0.455 e. The Bertz CT molecular complexity index is 970. The molecule has 0 fully saturated rings. The van der Waals surface area contributed by atoms with Crippen LogP contribution in [0.15, 0.2) is 37.6 Å². The van der Waals surface area contributed by atoms with Gasteiger partial charge in [-0.15, -0.1) is 22.7 Å². The van der Waals surface area contributed by atoms with Crippen molar-refractivity contribution in [1.82, 2.24) is 4.98 Å². The molecule has 0 aliphatic rings. The lowest BCUT2D eigenvalue weighted by Gasteiger charge is -2.00. The van der Waals surface area contributed by atoms with Crippen LogP contribution in [-0.4, -0.2) is 19.4 Å². The Morgan fingerprint density at radius 1 is 1.42 bits per heavy atom. The number of sulfonamides is 1. The van der Waals surface area contributed by atoms with E-state index in [0.717, 1.165) is 16.2 Å². The molecule has 3 rings (SSSR count). The molecule has 3 aromatic rings. The van der Waals surface area contributed by atoms with Crippen molar-refractivity contribution in [2.24, 2.45) is 5.14 Å². The van der Waals surface area contributed by atoms with Crippen LogP contribution in [0.1, 0.15) is 21.8 Å². The second-order valence-corrected chi connectivity index (χ2v) is 8.42. The number of primary sulfonamides is 1. The van der Waals surface area contributed by atoms with Crippen LogP contribution in [0.4, 0.5) is 0 Å². The summed E-state index contributed by atoms with van der Waals surface area (Å²) in [5.74, 6) is 0.378. The minimum atomic E-state index is -3.83. The van der Waals surface area contributed by atoms with Gasteiger partial charge >= 0.3 is 5.97 Å². The third-order valence-electron chi connectivity index (χ3n) is 3.06. The maximum Gasteiger partial charge on any atom is 0.339 e. The zero-order valence-corrected chi connectivity index (χ0v) is 14.8. The summed E-state index contributed by atoms with van der Waals surface area (Å²) in [6.07, 6.45) is 0. The molecule has 126 valence electrons. The molecule has 24 heavy (non-hydrogen) atoms. The van der Waals surface area contributed by atoms with Crippen LogP contribution in [-0.2, 0) is 21.4 Å². The summed E-state index contributed by atoms with van der Waals surface area (Å²) in [6, 6.07) is 4.96. The van der Waals surface area contributed by atoms with Gasteiger partial charge < -0.3 is 9.15 Å². The lowest BCUT2D eigenvalue weighted by atomic mass is 10.3. The standard InChI is InChI=1S/C14H12N2O5S3/c1-8-10(16-13(21-8)11-3-2-4-22-11)6-20-14(17)9-5-12(23-7-9)24(15,18)19/h2-5,7H,6H2,1H3,(H2,15,18,19). The van der Waals surface area contributed by atoms with Crippen molar-refractivity contribution in [2.45, 2.75) is 17.7 Å². The van der Waals surface area contributed by atoms with E-state index in [0.29, 0.717) is 17.3 Å². The molecule has 0 aliphatic heterocycles. The molecule has 0 saturated carbocycles. The van der Waals surface area contributed by atoms with E-state index >= 15 is 0 Å². The van der Waals surface area contributed by atoms with Crippen molar-refractivity contribution < 1.29 is 22.4 Å². The number of oxazole rings is 1. The van der Waals surface area contributed by atoms with Gasteiger partial charge in [-0.25, -0.2) is 23.3 Å². The third kappa shape index (κ3) is 3.56. The Morgan fingerprint density at radius 2 is 2.21 bits per heavy atom. The topological polar surface area (TPSA) is 112 Å². The van der Waals surface area contributed by atoms with E-state index in [1.807, 2.05) is 17.5 Å². The first-order valence-corrected chi connectivity index (χ1v) is 9.94. The molecule has 0 unspecified atom stereocenters. The molecule has 3 aromatic heterocycles. The number of ether oxygens (including phenoxy) is 1. The average molecular weight is 384 g/mol. The second kappa shape index (κ2) is 6.48. The fourth-order valence-electron chi connectivity index (χ4n) is 1.86. The molecule has 7 nitrogen and oxygen atoms in total. The predicted molar refractivity (Wildman–Crippen MR) is 89.4 cm³/mol. The first-order valence-electron chi connectivity index (χ1n) is 6.63. The molecule has 0 amide bonds. The number of thiophene rings is 2. The number of hydrogen-bond acceptors (Lipinski definition) is 8. The van der Waals surface area contributed by atoms with Gasteiger partial charge in [0, 0.05) is 5.38 Å². The summed E-state index contributed by atoms with van der Waals surface area (Å²) in [6.45, 7) is 1.66. The van der Waals surface area contributed by atoms with E-state index in [1.54, 1.807) is 6.92 Å². The van der Waals surface area contributed by atoms with Crippen molar-refractivity contribution in [3.63, 3.8) is 0 Å². The van der Waals surface area contributed by atoms with E-state index in [1.165, 1.54) is 22.8 Å². The summed E-state index contributed by atoms with van der Waals surface area (Å²) in [4.78, 5) is 17.2. The Balaban J connectivity index is 1.70. The number of nitrogens with zero attached hydrogens (tertiary/aromatic N) is 1. The monoisotopic (exact) mass is 384 g/mol. The number of rotatable bonds is 5. The van der Waals surface area contributed by atoms with Gasteiger partial charge in [-0.3, -0.25) is 0 Å². The first-order chi connectivity index (χ1) is 11.3. The molecule has 3 heterocycles. The zero-order valence-electron chi connectivity index (χ0n) is 12.4. The van der Waals surface area contributed by atoms with Gasteiger partial charge in [-0.1, -0.05) is 6.07 Å². The minimum absolute atomic E-state index is 0.0693. The summed E-state index contributed by atoms with van der Waals surface area (Å²) in [7, 11) is -3.83. The van der Waals surface area contributed by atoms with Gasteiger partial charge in [0.15, 0.2) is 0 Å². The van der Waals surface area contributed by atoms with Crippen molar-refractivity contribution in [3.8, 4) is 10.8 Å². The van der Waals surface area contributed by atoms with Gasteiger partial charge in [-0.2, -0.15) is 0 Å². The summed E-state index contributed by atoms with van der Waals surface area (Å²) >= 11 is 2.36. The molecule has 0 aromatic carbocycles. The molecule has 2 N–H and O–H groups in total. The Morgan fingerprint density at radius 3 is 2.83 bits per heavy atom. The Kier molecular flexibility index (Phi) is 4.54. The number of carbonyl (C=O) groups is 1. The van der Waals surface area contributed by atoms with Crippen molar-refractivity contribution in [2.75, 3.05) is 0 Å². The highest BCUT2D eigenvalue weighted by molar-refractivity contribution is 7.91. The average Bonchev–Trinajstić information content (AvgIpc) is 3.24. The van der Waals surface area contributed by atoms with Crippen molar-refractivity contribution in [3.05, 3.63) is 46.0 Å². The summed E-state index contributed by atoms with van der Waals surface area (Å²) in [5.41, 5.74) is 0.636. The fourth-order valence-corrected chi connectivity index (χ4v) is 4.08. The van der Waals surface area contributed by atoms with E-state index in [-0.39, 0.29) is 16.4 Å². The van der Waals surface area contributed by atoms with Gasteiger partial charge in [0.05, 0.1) is 10.4 Å². The van der Waals surface area contributed by atoms with Crippen LogP contribution in [0.2, 0.25) is 0 Å². The lowest BCUT2D eigenvalue weighted by Crippen LogP contribution is -2.10. The fraction of sp³-hybridized carbons (Fsp3) is 0.143. The molecule has 0 saturated heterocycles. The molecule has 0 aliphatic carbocycles. The van der Waals surface area contributed by atoms with Crippen LogP contribution in [0.3, 0.4) is 0 Å². The third-order valence-corrected chi connectivity index (χ3v) is 6.30. The molecule has 0 atom stereocenters. The Hall–Kier alpha value is -2.01. The van der Waals surface area contributed by atoms with Gasteiger partial charge in [0.25, 0.3) is 0 Å². The smallest absolute Gasteiger partial charge is 0.339 e. The molecule has 0 spiro atoms. The molecule has 0 radical (unpaired) electrons. The number of esters is 1. The lowest BCUT2D eigenvalue weighted by molar-refractivity contribution is 0.0467. The first kappa shape index (κ1) is 16.8. The molecule has 10 heteroatoms. The maximum absolute atomic E-state index is 12.0. The van der Waals surface area contributed by atoms with Gasteiger partial charge in [-0.05, 0) is 24.4 Å². The van der Waals surface area contributed by atoms with E-state index in [9.17, 15) is 13.2 Å². The second-order valence-electron chi connectivity index (χ2n) is 4.77. The molecule has 0 bridgehead atoms. The number of nitrogens with two attached hydrogens (primary N) is 1. The highest BCUT2D eigenvalue weighted by Crippen LogP contribution is 2.26. The van der Waals surface area contributed by atoms with Crippen LogP contribution >= 0.6 is 22.7 Å². The number of aryl methyl sites for hydroxylation is 1. The highest BCUT2D eigenvalue weighted by Gasteiger charge is 2.18. The van der Waals surface area contributed by atoms with Crippen LogP contribution in [0.5, 0.6) is 0 Å².